The van der Waals surface area contributed by atoms with Gasteiger partial charge in [-0.1, -0.05) is 53.5 Å². The van der Waals surface area contributed by atoms with Gasteiger partial charge in [-0.15, -0.1) is 0 Å². The Balaban J connectivity index is 1.13. The van der Waals surface area contributed by atoms with Crippen LogP contribution in [0.1, 0.15) is 75.2 Å². The van der Waals surface area contributed by atoms with Crippen LogP contribution >= 0.6 is 23.2 Å². The molecule has 1 aliphatic carbocycles. The monoisotopic (exact) mass is 812 g/mol. The van der Waals surface area contributed by atoms with E-state index in [1.807, 2.05) is 0 Å². The lowest BCUT2D eigenvalue weighted by atomic mass is 9.86. The molecule has 0 radical (unpaired) electrons. The van der Waals surface area contributed by atoms with Crippen LogP contribution in [0.5, 0.6) is 11.5 Å². The Hall–Kier alpha value is -4.85. The summed E-state index contributed by atoms with van der Waals surface area (Å²) >= 11 is 13.0. The summed E-state index contributed by atoms with van der Waals surface area (Å²) in [4.78, 5) is 46.3. The fourth-order valence-corrected chi connectivity index (χ4v) is 7.57. The van der Waals surface area contributed by atoms with Gasteiger partial charge >= 0.3 is 18.6 Å². The molecule has 3 atom stereocenters. The molecule has 1 unspecified atom stereocenters. The van der Waals surface area contributed by atoms with E-state index in [4.69, 9.17) is 42.1 Å². The third-order valence-electron chi connectivity index (χ3n) is 10.3. The SMILES string of the molecule is O=C(NC(C(=O)O[C@H]1CN2CCC1CC2)c1ccccc1F)c1cccc(C(=O)O[C@@H](Cc2c(Cl)c[nH+]cc2Cl)c2ccc(OC(F)F)c(OCC3CC3)c2)c1. The lowest BCUT2D eigenvalue weighted by Crippen LogP contribution is -2.52. The summed E-state index contributed by atoms with van der Waals surface area (Å²) in [6.45, 7) is -0.377. The maximum Gasteiger partial charge on any atom is 0.387 e. The van der Waals surface area contributed by atoms with Crippen LogP contribution in [0.3, 0.4) is 0 Å². The second-order valence-electron chi connectivity index (χ2n) is 14.2. The van der Waals surface area contributed by atoms with Gasteiger partial charge in [0, 0.05) is 29.7 Å². The number of alkyl halides is 2. The first-order valence-corrected chi connectivity index (χ1v) is 19.1. The van der Waals surface area contributed by atoms with Gasteiger partial charge in [-0.2, -0.15) is 8.78 Å². The normalized spacial score (nSPS) is 19.9. The van der Waals surface area contributed by atoms with Crippen molar-refractivity contribution < 1.29 is 51.5 Å². The molecule has 4 aromatic rings. The first-order valence-electron chi connectivity index (χ1n) is 18.4. The zero-order valence-corrected chi connectivity index (χ0v) is 31.5. The van der Waals surface area contributed by atoms with Gasteiger partial charge in [0.1, 0.15) is 28.1 Å². The number of H-pyrrole nitrogens is 1. The van der Waals surface area contributed by atoms with E-state index < -0.39 is 42.4 Å². The molecule has 0 spiro atoms. The van der Waals surface area contributed by atoms with E-state index in [1.54, 1.807) is 6.07 Å². The van der Waals surface area contributed by atoms with Crippen molar-refractivity contribution in [2.75, 3.05) is 26.2 Å². The number of hydrogen-bond donors (Lipinski definition) is 1. The lowest BCUT2D eigenvalue weighted by Gasteiger charge is -2.44. The third kappa shape index (κ3) is 9.56. The van der Waals surface area contributed by atoms with Gasteiger partial charge in [-0.05, 0) is 92.6 Å². The topological polar surface area (TPSA) is 118 Å². The summed E-state index contributed by atoms with van der Waals surface area (Å²) in [6.07, 6.45) is 5.22. The van der Waals surface area contributed by atoms with E-state index >= 15 is 4.39 Å². The Kier molecular flexibility index (Phi) is 12.3. The quantitative estimate of drug-likeness (QED) is 0.122. The standard InChI is InChI=1S/C41H38Cl2F3N3O7/c42-30-19-47-20-31(43)29(30)18-34(25-10-11-33(56-41(45)46)35(17-25)53-22-23-8-9-23)54-39(51)27-5-3-4-26(16-27)38(50)48-37(28-6-1-2-7-32(28)44)40(52)55-36-21-49-14-12-24(36)13-15-49/h1-7,10-11,16-17,19-20,23-24,34,36-37,41H,8-9,12-15,18,21-22H2,(H,48,50)/p+1/t34-,36-,37?/m0/s1. The molecular formula is C41H39Cl2F3N3O7+. The number of fused-ring (bicyclic) bond motifs is 3. The molecule has 3 aliphatic heterocycles. The highest BCUT2D eigenvalue weighted by atomic mass is 35.5. The number of ether oxygens (including phenoxy) is 4. The molecule has 1 aromatic heterocycles. The van der Waals surface area contributed by atoms with Crippen molar-refractivity contribution in [1.82, 2.24) is 10.2 Å². The predicted octanol–water partition coefficient (Wildman–Crippen LogP) is 7.59. The van der Waals surface area contributed by atoms with E-state index in [9.17, 15) is 23.2 Å². The number of piperidine rings is 3. The number of nitrogens with zero attached hydrogens (tertiary/aromatic N) is 1. The number of rotatable bonds is 15. The first kappa shape index (κ1) is 39.4. The van der Waals surface area contributed by atoms with E-state index in [0.717, 1.165) is 38.8 Å². The number of carbonyl (C=O) groups is 3. The molecule has 2 N–H and O–H groups in total. The molecule has 3 saturated heterocycles. The van der Waals surface area contributed by atoms with Crippen LogP contribution in [0, 0.1) is 17.7 Å². The van der Waals surface area contributed by atoms with E-state index in [-0.39, 0.29) is 56.7 Å². The number of carbonyl (C=O) groups excluding carboxylic acids is 3. The molecule has 4 fully saturated rings. The number of amides is 1. The van der Waals surface area contributed by atoms with Gasteiger partial charge < -0.3 is 24.3 Å². The lowest BCUT2D eigenvalue weighted by molar-refractivity contribution is -0.377. The summed E-state index contributed by atoms with van der Waals surface area (Å²) in [7, 11) is 0. The molecule has 1 saturated carbocycles. The molecule has 8 rings (SSSR count). The van der Waals surface area contributed by atoms with Crippen molar-refractivity contribution >= 4 is 41.0 Å². The second kappa shape index (κ2) is 17.5. The Morgan fingerprint density at radius 3 is 2.30 bits per heavy atom. The fraction of sp³-hybridized carbons (Fsp3) is 0.366. The molecule has 56 heavy (non-hydrogen) atoms. The summed E-state index contributed by atoms with van der Waals surface area (Å²) in [6, 6.07) is 14.0. The van der Waals surface area contributed by atoms with E-state index in [1.165, 1.54) is 73.1 Å². The number of aromatic amines is 1. The summed E-state index contributed by atoms with van der Waals surface area (Å²) in [5.41, 5.74) is 0.708. The minimum atomic E-state index is -3.10. The van der Waals surface area contributed by atoms with Gasteiger partial charge in [0.15, 0.2) is 29.9 Å². The van der Waals surface area contributed by atoms with Crippen molar-refractivity contribution in [1.29, 1.82) is 0 Å². The molecule has 4 heterocycles. The molecule has 2 bridgehead atoms. The average molecular weight is 814 g/mol. The molecule has 4 aliphatic rings. The Bertz CT molecular complexity index is 2060. The first-order chi connectivity index (χ1) is 27.0. The van der Waals surface area contributed by atoms with Crippen LogP contribution in [0.2, 0.25) is 10.0 Å². The highest BCUT2D eigenvalue weighted by Crippen LogP contribution is 2.38. The maximum atomic E-state index is 15.1. The number of esters is 2. The molecule has 294 valence electrons. The van der Waals surface area contributed by atoms with Gasteiger partial charge in [0.05, 0.1) is 12.2 Å². The van der Waals surface area contributed by atoms with E-state index in [2.05, 4.69) is 15.2 Å². The van der Waals surface area contributed by atoms with Crippen molar-refractivity contribution in [2.24, 2.45) is 11.8 Å². The van der Waals surface area contributed by atoms with E-state index in [0.29, 0.717) is 30.2 Å². The van der Waals surface area contributed by atoms with Crippen molar-refractivity contribution in [2.45, 2.75) is 57.0 Å². The Morgan fingerprint density at radius 2 is 1.62 bits per heavy atom. The largest absolute Gasteiger partial charge is 0.489 e. The smallest absolute Gasteiger partial charge is 0.387 e. The number of halogens is 5. The number of nitrogens with one attached hydrogen (secondary N) is 2. The van der Waals surface area contributed by atoms with Gasteiger partial charge in [-0.3, -0.25) is 9.69 Å². The Labute approximate surface area is 331 Å². The Morgan fingerprint density at radius 1 is 0.893 bits per heavy atom. The van der Waals surface area contributed by atoms with Crippen LogP contribution < -0.4 is 19.8 Å². The van der Waals surface area contributed by atoms with Crippen molar-refractivity contribution in [3.05, 3.63) is 123 Å². The second-order valence-corrected chi connectivity index (χ2v) is 15.0. The molecule has 10 nitrogen and oxygen atoms in total. The third-order valence-corrected chi connectivity index (χ3v) is 11.0. The maximum absolute atomic E-state index is 15.1. The fourth-order valence-electron chi connectivity index (χ4n) is 7.04. The molecule has 3 aromatic carbocycles. The highest BCUT2D eigenvalue weighted by Gasteiger charge is 2.39. The summed E-state index contributed by atoms with van der Waals surface area (Å²) in [5.74, 6) is -2.75. The summed E-state index contributed by atoms with van der Waals surface area (Å²) < 4.78 is 64.2. The van der Waals surface area contributed by atoms with Crippen LogP contribution in [-0.4, -0.2) is 61.7 Å². The summed E-state index contributed by atoms with van der Waals surface area (Å²) in [5, 5.41) is 3.14. The average Bonchev–Trinajstić information content (AvgIpc) is 4.03. The van der Waals surface area contributed by atoms with Gasteiger partial charge in [0.25, 0.3) is 5.91 Å². The van der Waals surface area contributed by atoms with Crippen LogP contribution in [0.15, 0.2) is 79.1 Å². The zero-order chi connectivity index (χ0) is 39.3. The van der Waals surface area contributed by atoms with Crippen molar-refractivity contribution in [3.63, 3.8) is 0 Å². The van der Waals surface area contributed by atoms with Crippen LogP contribution in [0.4, 0.5) is 13.2 Å². The molecular weight excluding hydrogens is 774 g/mol. The number of aromatic nitrogens is 1. The zero-order valence-electron chi connectivity index (χ0n) is 30.0. The van der Waals surface area contributed by atoms with Gasteiger partial charge in [-0.25, -0.2) is 19.0 Å². The minimum absolute atomic E-state index is 0.0121. The number of hydrogen-bond acceptors (Lipinski definition) is 8. The number of pyridine rings is 1. The van der Waals surface area contributed by atoms with Crippen LogP contribution in [0.25, 0.3) is 0 Å². The molecule has 15 heteroatoms. The number of benzene rings is 3. The van der Waals surface area contributed by atoms with Crippen LogP contribution in [-0.2, 0) is 20.7 Å². The highest BCUT2D eigenvalue weighted by molar-refractivity contribution is 6.35. The molecule has 1 amide bonds. The van der Waals surface area contributed by atoms with Crippen molar-refractivity contribution in [3.8, 4) is 11.5 Å². The predicted molar refractivity (Wildman–Crippen MR) is 198 cm³/mol. The van der Waals surface area contributed by atoms with Gasteiger partial charge in [0.2, 0.25) is 0 Å². The minimum Gasteiger partial charge on any atom is -0.489 e.